The highest BCUT2D eigenvalue weighted by Crippen LogP contribution is 2.38. The molecule has 1 aromatic carbocycles. The third kappa shape index (κ3) is 3.13. The molecular weight excluding hydrogens is 300 g/mol. The molecule has 1 aliphatic carbocycles. The van der Waals surface area contributed by atoms with Crippen LogP contribution in [0.5, 0.6) is 0 Å². The van der Waals surface area contributed by atoms with Gasteiger partial charge in [-0.25, -0.2) is 13.6 Å². The van der Waals surface area contributed by atoms with Crippen molar-refractivity contribution in [1.82, 2.24) is 4.90 Å². The number of rotatable bonds is 4. The molecule has 1 amide bonds. The Morgan fingerprint density at radius 2 is 2.10 bits per heavy atom. The number of carbonyl (C=O) groups excluding carboxylic acids is 1. The van der Waals surface area contributed by atoms with E-state index < -0.39 is 15.9 Å². The van der Waals surface area contributed by atoms with Crippen molar-refractivity contribution in [3.63, 3.8) is 0 Å². The molecule has 2 rings (SSSR count). The van der Waals surface area contributed by atoms with E-state index in [0.29, 0.717) is 18.4 Å². The van der Waals surface area contributed by atoms with Crippen LogP contribution in [0.2, 0.25) is 5.02 Å². The minimum absolute atomic E-state index is 0.0486. The number of sulfonamides is 1. The Kier molecular flexibility index (Phi) is 4.09. The molecule has 110 valence electrons. The lowest BCUT2D eigenvalue weighted by Gasteiger charge is -2.19. The summed E-state index contributed by atoms with van der Waals surface area (Å²) in [7, 11) is -2.35. The summed E-state index contributed by atoms with van der Waals surface area (Å²) in [5, 5.41) is 5.24. The lowest BCUT2D eigenvalue weighted by Crippen LogP contribution is -2.31. The molecule has 2 N–H and O–H groups in total. The number of halogens is 1. The van der Waals surface area contributed by atoms with Crippen molar-refractivity contribution in [3.8, 4) is 0 Å². The summed E-state index contributed by atoms with van der Waals surface area (Å²) in [6, 6.07) is 4.24. The molecule has 7 heteroatoms. The molecule has 1 saturated carbocycles. The van der Waals surface area contributed by atoms with Crippen LogP contribution in [0.25, 0.3) is 0 Å². The van der Waals surface area contributed by atoms with Crippen molar-refractivity contribution in [3.05, 3.63) is 28.8 Å². The van der Waals surface area contributed by atoms with Gasteiger partial charge in [-0.15, -0.1) is 0 Å². The quantitative estimate of drug-likeness (QED) is 0.918. The predicted molar refractivity (Wildman–Crippen MR) is 77.1 cm³/mol. The fourth-order valence-corrected chi connectivity index (χ4v) is 3.29. The highest BCUT2D eigenvalue weighted by molar-refractivity contribution is 7.89. The smallest absolute Gasteiger partial charge is 0.256 e. The van der Waals surface area contributed by atoms with E-state index in [4.69, 9.17) is 16.7 Å². The lowest BCUT2D eigenvalue weighted by atomic mass is 10.2. The summed E-state index contributed by atoms with van der Waals surface area (Å²) in [6.45, 7) is 2.71. The van der Waals surface area contributed by atoms with Crippen molar-refractivity contribution in [2.75, 3.05) is 13.6 Å². The van der Waals surface area contributed by atoms with E-state index in [1.165, 1.54) is 23.1 Å². The first-order chi connectivity index (χ1) is 9.21. The van der Waals surface area contributed by atoms with Gasteiger partial charge in [-0.05, 0) is 30.4 Å². The number of carbonyl (C=O) groups is 1. The summed E-state index contributed by atoms with van der Waals surface area (Å²) < 4.78 is 23.1. The van der Waals surface area contributed by atoms with Gasteiger partial charge in [-0.2, -0.15) is 0 Å². The van der Waals surface area contributed by atoms with Gasteiger partial charge in [0.1, 0.15) is 0 Å². The normalized spacial score (nSPS) is 21.6. The average Bonchev–Trinajstić information content (AvgIpc) is 3.02. The van der Waals surface area contributed by atoms with Crippen LogP contribution in [0, 0.1) is 11.8 Å². The molecule has 0 radical (unpaired) electrons. The van der Waals surface area contributed by atoms with Crippen LogP contribution in [0.4, 0.5) is 0 Å². The first-order valence-electron chi connectivity index (χ1n) is 6.28. The summed E-state index contributed by atoms with van der Waals surface area (Å²) in [4.78, 5) is 13.7. The Morgan fingerprint density at radius 1 is 1.50 bits per heavy atom. The molecule has 1 aromatic rings. The zero-order chi connectivity index (χ0) is 15.1. The molecular formula is C13H17ClN2O3S. The molecule has 0 heterocycles. The van der Waals surface area contributed by atoms with Gasteiger partial charge >= 0.3 is 0 Å². The van der Waals surface area contributed by atoms with Gasteiger partial charge in [0.2, 0.25) is 10.0 Å². The minimum Gasteiger partial charge on any atom is -0.341 e. The number of hydrogen-bond acceptors (Lipinski definition) is 3. The van der Waals surface area contributed by atoms with Gasteiger partial charge in [0, 0.05) is 13.6 Å². The van der Waals surface area contributed by atoms with Crippen LogP contribution in [-0.4, -0.2) is 32.8 Å². The zero-order valence-corrected chi connectivity index (χ0v) is 12.9. The maximum Gasteiger partial charge on any atom is 0.256 e. The largest absolute Gasteiger partial charge is 0.341 e. The maximum absolute atomic E-state index is 12.4. The summed E-state index contributed by atoms with van der Waals surface area (Å²) in [5.74, 6) is 0.664. The minimum atomic E-state index is -3.99. The first-order valence-corrected chi connectivity index (χ1v) is 8.21. The van der Waals surface area contributed by atoms with Crippen molar-refractivity contribution in [2.24, 2.45) is 17.0 Å². The number of primary sulfonamides is 1. The predicted octanol–water partition coefficient (Wildman–Crippen LogP) is 1.72. The van der Waals surface area contributed by atoms with E-state index in [0.717, 1.165) is 6.42 Å². The van der Waals surface area contributed by atoms with Crippen molar-refractivity contribution in [1.29, 1.82) is 0 Å². The lowest BCUT2D eigenvalue weighted by molar-refractivity contribution is 0.0783. The molecule has 2 unspecified atom stereocenters. The maximum atomic E-state index is 12.4. The Labute approximate surface area is 123 Å². The van der Waals surface area contributed by atoms with Crippen LogP contribution in [0.3, 0.4) is 0 Å². The molecule has 2 atom stereocenters. The zero-order valence-electron chi connectivity index (χ0n) is 11.3. The first kappa shape index (κ1) is 15.3. The Morgan fingerprint density at radius 3 is 2.60 bits per heavy atom. The second-order valence-electron chi connectivity index (χ2n) is 5.32. The molecule has 0 saturated heterocycles. The Bertz CT molecular complexity index is 645. The van der Waals surface area contributed by atoms with E-state index in [2.05, 4.69) is 6.92 Å². The van der Waals surface area contributed by atoms with E-state index in [9.17, 15) is 13.2 Å². The fourth-order valence-electron chi connectivity index (χ4n) is 2.23. The van der Waals surface area contributed by atoms with Gasteiger partial charge in [-0.3, -0.25) is 4.79 Å². The van der Waals surface area contributed by atoms with E-state index >= 15 is 0 Å². The Balaban J connectivity index is 2.34. The van der Waals surface area contributed by atoms with Gasteiger partial charge in [-0.1, -0.05) is 24.6 Å². The highest BCUT2D eigenvalue weighted by atomic mass is 35.5. The number of benzene rings is 1. The number of amides is 1. The van der Waals surface area contributed by atoms with Gasteiger partial charge in [0.15, 0.2) is 0 Å². The van der Waals surface area contributed by atoms with Crippen molar-refractivity contribution in [2.45, 2.75) is 18.2 Å². The van der Waals surface area contributed by atoms with E-state index in [-0.39, 0.29) is 15.5 Å². The SMILES string of the molecule is CC1CC1CN(C)C(=O)c1c(Cl)cccc1S(N)(=O)=O. The standard InChI is InChI=1S/C13H17ClN2O3S/c1-8-6-9(8)7-16(2)13(17)12-10(14)4-3-5-11(12)20(15,18)19/h3-5,8-9H,6-7H2,1-2H3,(H2,15,18,19). The van der Waals surface area contributed by atoms with Crippen LogP contribution < -0.4 is 5.14 Å². The molecule has 1 aliphatic rings. The fraction of sp³-hybridized carbons (Fsp3) is 0.462. The van der Waals surface area contributed by atoms with Gasteiger partial charge < -0.3 is 4.90 Å². The molecule has 20 heavy (non-hydrogen) atoms. The van der Waals surface area contributed by atoms with Gasteiger partial charge in [0.05, 0.1) is 15.5 Å². The molecule has 0 bridgehead atoms. The third-order valence-corrected chi connectivity index (χ3v) is 4.90. The van der Waals surface area contributed by atoms with Crippen LogP contribution in [0.1, 0.15) is 23.7 Å². The molecule has 1 fully saturated rings. The average molecular weight is 317 g/mol. The van der Waals surface area contributed by atoms with Crippen LogP contribution in [-0.2, 0) is 10.0 Å². The molecule has 0 aromatic heterocycles. The van der Waals surface area contributed by atoms with Gasteiger partial charge in [0.25, 0.3) is 5.91 Å². The molecule has 5 nitrogen and oxygen atoms in total. The van der Waals surface area contributed by atoms with Crippen molar-refractivity contribution >= 4 is 27.5 Å². The van der Waals surface area contributed by atoms with Crippen LogP contribution >= 0.6 is 11.6 Å². The summed E-state index contributed by atoms with van der Waals surface area (Å²) in [6.07, 6.45) is 1.09. The Hall–Kier alpha value is -1.11. The van der Waals surface area contributed by atoms with Crippen molar-refractivity contribution < 1.29 is 13.2 Å². The van der Waals surface area contributed by atoms with Crippen LogP contribution in [0.15, 0.2) is 23.1 Å². The highest BCUT2D eigenvalue weighted by Gasteiger charge is 2.35. The monoisotopic (exact) mass is 316 g/mol. The number of hydrogen-bond donors (Lipinski definition) is 1. The second kappa shape index (κ2) is 5.35. The van der Waals surface area contributed by atoms with E-state index in [1.807, 2.05) is 0 Å². The topological polar surface area (TPSA) is 80.5 Å². The third-order valence-electron chi connectivity index (χ3n) is 3.63. The molecule has 0 aliphatic heterocycles. The second-order valence-corrected chi connectivity index (χ2v) is 7.25. The van der Waals surface area contributed by atoms with E-state index in [1.54, 1.807) is 7.05 Å². The number of nitrogens with zero attached hydrogens (tertiary/aromatic N) is 1. The molecule has 0 spiro atoms. The number of nitrogens with two attached hydrogens (primary N) is 1. The summed E-state index contributed by atoms with van der Waals surface area (Å²) >= 11 is 5.99. The summed E-state index contributed by atoms with van der Waals surface area (Å²) in [5.41, 5.74) is -0.0486.